The number of methoxy groups -OCH3 is 2. The van der Waals surface area contributed by atoms with Crippen LogP contribution in [0.2, 0.25) is 0 Å². The molecule has 0 saturated heterocycles. The van der Waals surface area contributed by atoms with Gasteiger partial charge in [0.2, 0.25) is 0 Å². The molecule has 8 nitrogen and oxygen atoms in total. The summed E-state index contributed by atoms with van der Waals surface area (Å²) in [5.74, 6) is -1.51. The van der Waals surface area contributed by atoms with Gasteiger partial charge in [0.05, 0.1) is 31.0 Å². The molecule has 8 heteroatoms. The van der Waals surface area contributed by atoms with Crippen LogP contribution in [0, 0.1) is 11.3 Å². The van der Waals surface area contributed by atoms with Crippen LogP contribution in [0.5, 0.6) is 11.5 Å². The summed E-state index contributed by atoms with van der Waals surface area (Å²) in [4.78, 5) is 37.1. The number of hydrogen-bond acceptors (Lipinski definition) is 7. The molecule has 0 atom stereocenters. The number of nitriles is 1. The van der Waals surface area contributed by atoms with Crippen molar-refractivity contribution in [1.29, 1.82) is 5.26 Å². The Kier molecular flexibility index (Phi) is 7.76. The second kappa shape index (κ2) is 11.1. The van der Waals surface area contributed by atoms with E-state index in [2.05, 4.69) is 5.32 Å². The van der Waals surface area contributed by atoms with Gasteiger partial charge in [-0.1, -0.05) is 36.4 Å². The van der Waals surface area contributed by atoms with Gasteiger partial charge in [0.15, 0.2) is 11.5 Å². The molecular weight excluding hydrogens is 436 g/mol. The molecule has 170 valence electrons. The minimum atomic E-state index is -0.725. The first-order valence-electron chi connectivity index (χ1n) is 10.0. The lowest BCUT2D eigenvalue weighted by atomic mass is 10.1. The molecule has 0 unspecified atom stereocenters. The monoisotopic (exact) mass is 456 g/mol. The van der Waals surface area contributed by atoms with Crippen molar-refractivity contribution < 1.29 is 28.6 Å². The van der Waals surface area contributed by atoms with Gasteiger partial charge in [-0.2, -0.15) is 5.26 Å². The lowest BCUT2D eigenvalue weighted by Gasteiger charge is -2.11. The van der Waals surface area contributed by atoms with Crippen LogP contribution >= 0.6 is 0 Å². The Morgan fingerprint density at radius 3 is 2.26 bits per heavy atom. The summed E-state index contributed by atoms with van der Waals surface area (Å²) in [5, 5.41) is 12.1. The van der Waals surface area contributed by atoms with Crippen LogP contribution in [0.4, 0.5) is 5.69 Å². The van der Waals surface area contributed by atoms with Crippen LogP contribution in [0.1, 0.15) is 26.3 Å². The lowest BCUT2D eigenvalue weighted by Crippen LogP contribution is -2.16. The van der Waals surface area contributed by atoms with Crippen molar-refractivity contribution in [2.75, 3.05) is 19.5 Å². The number of rotatable bonds is 7. The van der Waals surface area contributed by atoms with E-state index in [1.165, 1.54) is 38.5 Å². The second-order valence-electron chi connectivity index (χ2n) is 6.83. The fourth-order valence-electron chi connectivity index (χ4n) is 2.98. The van der Waals surface area contributed by atoms with E-state index >= 15 is 0 Å². The minimum Gasteiger partial charge on any atom is -0.493 e. The summed E-state index contributed by atoms with van der Waals surface area (Å²) in [5.41, 5.74) is 0.893. The Labute approximate surface area is 196 Å². The topological polar surface area (TPSA) is 115 Å². The number of carbonyl (C=O) groups is 3. The predicted molar refractivity (Wildman–Crippen MR) is 124 cm³/mol. The number of amides is 1. The first kappa shape index (κ1) is 23.8. The number of para-hydroxylation sites is 1. The Hall–Kier alpha value is -4.90. The Morgan fingerprint density at radius 1 is 0.882 bits per heavy atom. The van der Waals surface area contributed by atoms with E-state index in [4.69, 9.17) is 14.2 Å². The van der Waals surface area contributed by atoms with Gasteiger partial charge in [0.1, 0.15) is 11.6 Å². The fourth-order valence-corrected chi connectivity index (χ4v) is 2.98. The van der Waals surface area contributed by atoms with Crippen LogP contribution in [-0.2, 0) is 9.53 Å². The average Bonchev–Trinajstić information content (AvgIpc) is 2.87. The molecule has 34 heavy (non-hydrogen) atoms. The second-order valence-corrected chi connectivity index (χ2v) is 6.83. The van der Waals surface area contributed by atoms with Gasteiger partial charge in [0, 0.05) is 0 Å². The summed E-state index contributed by atoms with van der Waals surface area (Å²) in [6.45, 7) is 0. The van der Waals surface area contributed by atoms with Crippen molar-refractivity contribution in [3.05, 3.63) is 95.1 Å². The van der Waals surface area contributed by atoms with Crippen molar-refractivity contribution >= 4 is 29.6 Å². The SMILES string of the molecule is COC(=O)c1ccccc1NC(=O)/C(C#N)=C/c1ccc(OC)c(OC(=O)c2ccccc2)c1. The van der Waals surface area contributed by atoms with E-state index in [9.17, 15) is 19.6 Å². The third kappa shape index (κ3) is 5.66. The molecule has 0 heterocycles. The van der Waals surface area contributed by atoms with E-state index in [0.29, 0.717) is 16.9 Å². The molecule has 1 amide bonds. The Balaban J connectivity index is 1.87. The average molecular weight is 456 g/mol. The number of anilines is 1. The maximum absolute atomic E-state index is 12.7. The van der Waals surface area contributed by atoms with E-state index in [-0.39, 0.29) is 22.6 Å². The van der Waals surface area contributed by atoms with Gasteiger partial charge in [-0.3, -0.25) is 4.79 Å². The van der Waals surface area contributed by atoms with Crippen LogP contribution in [-0.4, -0.2) is 32.1 Å². The standard InChI is InChI=1S/C26H20N2O6/c1-32-22-13-12-17(15-23(22)34-25(30)18-8-4-3-5-9-18)14-19(16-27)24(29)28-21-11-7-6-10-20(21)26(31)33-2/h3-15H,1-2H3,(H,28,29)/b19-14+. The molecule has 0 spiro atoms. The molecule has 1 N–H and O–H groups in total. The van der Waals surface area contributed by atoms with Crippen LogP contribution < -0.4 is 14.8 Å². The Morgan fingerprint density at radius 2 is 1.59 bits per heavy atom. The number of esters is 2. The highest BCUT2D eigenvalue weighted by atomic mass is 16.6. The highest BCUT2D eigenvalue weighted by Crippen LogP contribution is 2.30. The lowest BCUT2D eigenvalue weighted by molar-refractivity contribution is -0.112. The van der Waals surface area contributed by atoms with Crippen LogP contribution in [0.25, 0.3) is 6.08 Å². The number of hydrogen-bond donors (Lipinski definition) is 1. The molecule has 0 radical (unpaired) electrons. The van der Waals surface area contributed by atoms with Gasteiger partial charge >= 0.3 is 11.9 Å². The summed E-state index contributed by atoms with van der Waals surface area (Å²) < 4.78 is 15.4. The maximum atomic E-state index is 12.7. The molecule has 0 aromatic heterocycles. The highest BCUT2D eigenvalue weighted by Gasteiger charge is 2.17. The zero-order chi connectivity index (χ0) is 24.5. The van der Waals surface area contributed by atoms with Gasteiger partial charge in [-0.15, -0.1) is 0 Å². The van der Waals surface area contributed by atoms with Crippen molar-refractivity contribution in [3.63, 3.8) is 0 Å². The number of ether oxygens (including phenoxy) is 3. The number of nitrogens with one attached hydrogen (secondary N) is 1. The van der Waals surface area contributed by atoms with Crippen molar-refractivity contribution in [3.8, 4) is 17.6 Å². The first-order valence-corrected chi connectivity index (χ1v) is 10.0. The number of nitrogens with zero attached hydrogens (tertiary/aromatic N) is 1. The van der Waals surface area contributed by atoms with Crippen LogP contribution in [0.15, 0.2) is 78.4 Å². The van der Waals surface area contributed by atoms with Crippen molar-refractivity contribution in [2.45, 2.75) is 0 Å². The zero-order valence-corrected chi connectivity index (χ0v) is 18.4. The molecule has 0 fully saturated rings. The molecule has 0 bridgehead atoms. The molecule has 3 aromatic carbocycles. The van der Waals surface area contributed by atoms with Crippen LogP contribution in [0.3, 0.4) is 0 Å². The summed E-state index contributed by atoms with van der Waals surface area (Å²) in [6.07, 6.45) is 1.33. The quantitative estimate of drug-likeness (QED) is 0.245. The molecule has 3 aromatic rings. The van der Waals surface area contributed by atoms with E-state index in [1.54, 1.807) is 54.6 Å². The summed E-state index contributed by atoms with van der Waals surface area (Å²) in [6, 6.07) is 21.2. The smallest absolute Gasteiger partial charge is 0.343 e. The normalized spacial score (nSPS) is 10.6. The molecule has 0 aliphatic heterocycles. The molecular formula is C26H20N2O6. The van der Waals surface area contributed by atoms with E-state index < -0.39 is 17.8 Å². The molecule has 0 saturated carbocycles. The summed E-state index contributed by atoms with van der Waals surface area (Å²) in [7, 11) is 2.66. The Bertz CT molecular complexity index is 1290. The van der Waals surface area contributed by atoms with Crippen molar-refractivity contribution in [2.24, 2.45) is 0 Å². The van der Waals surface area contributed by atoms with Gasteiger partial charge in [-0.25, -0.2) is 9.59 Å². The first-order chi connectivity index (χ1) is 16.5. The third-order valence-corrected chi connectivity index (χ3v) is 4.66. The predicted octanol–water partition coefficient (Wildman–Crippen LogP) is 4.25. The van der Waals surface area contributed by atoms with E-state index in [1.807, 2.05) is 6.07 Å². The van der Waals surface area contributed by atoms with E-state index in [0.717, 1.165) is 0 Å². The van der Waals surface area contributed by atoms with Crippen molar-refractivity contribution in [1.82, 2.24) is 0 Å². The van der Waals surface area contributed by atoms with Gasteiger partial charge in [-0.05, 0) is 48.0 Å². The van der Waals surface area contributed by atoms with Gasteiger partial charge < -0.3 is 19.5 Å². The zero-order valence-electron chi connectivity index (χ0n) is 18.4. The molecule has 0 aliphatic carbocycles. The number of benzene rings is 3. The summed E-state index contributed by atoms with van der Waals surface area (Å²) >= 11 is 0. The minimum absolute atomic E-state index is 0.124. The maximum Gasteiger partial charge on any atom is 0.343 e. The highest BCUT2D eigenvalue weighted by molar-refractivity contribution is 6.12. The molecule has 0 aliphatic rings. The largest absolute Gasteiger partial charge is 0.493 e. The fraction of sp³-hybridized carbons (Fsp3) is 0.0769. The molecule has 3 rings (SSSR count). The van der Waals surface area contributed by atoms with Gasteiger partial charge in [0.25, 0.3) is 5.91 Å². The number of carbonyl (C=O) groups excluding carboxylic acids is 3. The third-order valence-electron chi connectivity index (χ3n) is 4.66.